The number of aliphatic hydroxyl groups is 1. The van der Waals surface area contributed by atoms with Crippen LogP contribution in [0.3, 0.4) is 0 Å². The van der Waals surface area contributed by atoms with E-state index in [1.54, 1.807) is 35.8 Å². The molecule has 2 aliphatic rings. The maximum absolute atomic E-state index is 13.2. The second-order valence-electron chi connectivity index (χ2n) is 8.23. The number of pyridine rings is 2. The SMILES string of the molecule is CC[C@@]1(O)C(=O)OCc2c1cc1n(c2=O)Cc2c-1nc1ccc(O)cc1c2CN.O=C(O)C(F)(F)F. The molecular weight excluding hydrogens is 487 g/mol. The number of fused-ring (bicyclic) bond motifs is 5. The molecule has 0 bridgehead atoms. The second-order valence-corrected chi connectivity index (χ2v) is 8.23. The predicted molar refractivity (Wildman–Crippen MR) is 118 cm³/mol. The van der Waals surface area contributed by atoms with E-state index >= 15 is 0 Å². The van der Waals surface area contributed by atoms with Gasteiger partial charge in [-0.05, 0) is 36.2 Å². The van der Waals surface area contributed by atoms with Crippen molar-refractivity contribution < 1.29 is 42.8 Å². The molecule has 0 amide bonds. The highest BCUT2D eigenvalue weighted by Crippen LogP contribution is 2.40. The van der Waals surface area contributed by atoms with E-state index < -0.39 is 23.7 Å². The maximum atomic E-state index is 13.2. The lowest BCUT2D eigenvalue weighted by Crippen LogP contribution is -2.44. The number of aromatic nitrogens is 2. The molecule has 4 heterocycles. The number of nitrogens with zero attached hydrogens (tertiary/aromatic N) is 2. The van der Waals surface area contributed by atoms with Crippen LogP contribution in [0.1, 0.15) is 35.6 Å². The standard InChI is InChI=1S/C21H19N3O5.C2HF3O2/c1-2-21(28)15-6-17-18-13(8-24(17)19(26)14(15)9-29-20(21)27)12(7-22)11-5-10(25)3-4-16(11)23-18;3-2(4,5)1(6)7/h3-6,25,28H,2,7-9,22H2,1H3;(H,6,7)/t21-;/m0./s1. The summed E-state index contributed by atoms with van der Waals surface area (Å²) in [5, 5.41) is 28.7. The number of alkyl halides is 3. The quantitative estimate of drug-likeness (QED) is 0.296. The first-order valence-electron chi connectivity index (χ1n) is 10.6. The number of carbonyl (C=O) groups is 2. The highest BCUT2D eigenvalue weighted by atomic mass is 19.4. The number of phenolic OH excluding ortho intramolecular Hbond substituents is 1. The van der Waals surface area contributed by atoms with Gasteiger partial charge in [-0.3, -0.25) is 4.79 Å². The van der Waals surface area contributed by atoms with Gasteiger partial charge in [0, 0.05) is 23.1 Å². The molecular formula is C23H20F3N3O7. The Balaban J connectivity index is 0.000000384. The fourth-order valence-electron chi connectivity index (χ4n) is 4.38. The van der Waals surface area contributed by atoms with Crippen molar-refractivity contribution in [2.24, 2.45) is 5.73 Å². The average molecular weight is 507 g/mol. The van der Waals surface area contributed by atoms with Gasteiger partial charge in [0.1, 0.15) is 12.4 Å². The Bertz CT molecular complexity index is 1480. The Morgan fingerprint density at radius 1 is 1.25 bits per heavy atom. The summed E-state index contributed by atoms with van der Waals surface area (Å²) in [6.45, 7) is 1.99. The van der Waals surface area contributed by atoms with Gasteiger partial charge in [0.25, 0.3) is 5.56 Å². The van der Waals surface area contributed by atoms with Crippen LogP contribution in [0.25, 0.3) is 22.3 Å². The monoisotopic (exact) mass is 507 g/mol. The molecule has 13 heteroatoms. The maximum Gasteiger partial charge on any atom is 0.490 e. The molecule has 0 fully saturated rings. The fourth-order valence-corrected chi connectivity index (χ4v) is 4.38. The summed E-state index contributed by atoms with van der Waals surface area (Å²) in [6, 6.07) is 6.53. The Labute approximate surface area is 200 Å². The van der Waals surface area contributed by atoms with Gasteiger partial charge in [-0.1, -0.05) is 6.92 Å². The molecule has 0 aliphatic carbocycles. The van der Waals surface area contributed by atoms with Crippen LogP contribution in [0.4, 0.5) is 13.2 Å². The summed E-state index contributed by atoms with van der Waals surface area (Å²) >= 11 is 0. The van der Waals surface area contributed by atoms with Crippen LogP contribution >= 0.6 is 0 Å². The molecule has 10 nitrogen and oxygen atoms in total. The number of aromatic hydroxyl groups is 1. The molecule has 3 aromatic rings. The normalized spacial score (nSPS) is 18.0. The number of phenols is 1. The summed E-state index contributed by atoms with van der Waals surface area (Å²) in [6.07, 6.45) is -4.99. The lowest BCUT2D eigenvalue weighted by Gasteiger charge is -2.31. The van der Waals surface area contributed by atoms with Crippen LogP contribution in [-0.4, -0.2) is 43.0 Å². The molecule has 1 atom stereocenters. The van der Waals surface area contributed by atoms with Gasteiger partial charge >= 0.3 is 18.1 Å². The Morgan fingerprint density at radius 2 is 1.92 bits per heavy atom. The van der Waals surface area contributed by atoms with Crippen LogP contribution in [0, 0.1) is 0 Å². The molecule has 1 aromatic carbocycles. The molecule has 2 aromatic heterocycles. The van der Waals surface area contributed by atoms with E-state index in [1.807, 2.05) is 0 Å². The molecule has 0 unspecified atom stereocenters. The fraction of sp³-hybridized carbons (Fsp3) is 0.304. The van der Waals surface area contributed by atoms with E-state index in [0.29, 0.717) is 16.9 Å². The molecule has 0 spiro atoms. The summed E-state index contributed by atoms with van der Waals surface area (Å²) in [5.41, 5.74) is 7.79. The highest BCUT2D eigenvalue weighted by molar-refractivity contribution is 5.89. The average Bonchev–Trinajstić information content (AvgIpc) is 3.18. The minimum absolute atomic E-state index is 0.0903. The van der Waals surface area contributed by atoms with Gasteiger partial charge in [-0.2, -0.15) is 13.2 Å². The number of carboxylic acids is 1. The molecule has 2 aliphatic heterocycles. The number of halogens is 3. The Morgan fingerprint density at radius 3 is 2.50 bits per heavy atom. The number of aliphatic carboxylic acids is 1. The van der Waals surface area contributed by atoms with E-state index in [4.69, 9.17) is 25.4 Å². The number of carboxylic acid groups (broad SMARTS) is 1. The molecule has 5 rings (SSSR count). The van der Waals surface area contributed by atoms with Gasteiger partial charge < -0.3 is 30.4 Å². The first-order chi connectivity index (χ1) is 16.8. The highest BCUT2D eigenvalue weighted by Gasteiger charge is 2.45. The van der Waals surface area contributed by atoms with E-state index in [1.165, 1.54) is 0 Å². The molecule has 5 N–H and O–H groups in total. The zero-order valence-corrected chi connectivity index (χ0v) is 18.7. The first kappa shape index (κ1) is 25.1. The number of esters is 1. The number of carbonyl (C=O) groups excluding carboxylic acids is 1. The predicted octanol–water partition coefficient (Wildman–Crippen LogP) is 1.88. The molecule has 190 valence electrons. The van der Waals surface area contributed by atoms with Crippen LogP contribution in [0.15, 0.2) is 29.1 Å². The third-order valence-corrected chi connectivity index (χ3v) is 6.24. The topological polar surface area (TPSA) is 165 Å². The molecule has 0 saturated heterocycles. The van der Waals surface area contributed by atoms with E-state index in [2.05, 4.69) is 0 Å². The third-order valence-electron chi connectivity index (χ3n) is 6.24. The number of benzene rings is 1. The number of cyclic esters (lactones) is 1. The lowest BCUT2D eigenvalue weighted by molar-refractivity contribution is -0.192. The van der Waals surface area contributed by atoms with Crippen molar-refractivity contribution in [1.29, 1.82) is 0 Å². The van der Waals surface area contributed by atoms with Gasteiger partial charge in [-0.15, -0.1) is 0 Å². The van der Waals surface area contributed by atoms with Crippen molar-refractivity contribution in [3.63, 3.8) is 0 Å². The first-order valence-corrected chi connectivity index (χ1v) is 10.6. The van der Waals surface area contributed by atoms with Crippen LogP contribution < -0.4 is 11.3 Å². The summed E-state index contributed by atoms with van der Waals surface area (Å²) < 4.78 is 38.4. The Kier molecular flexibility index (Phi) is 6.01. The van der Waals surface area contributed by atoms with Crippen molar-refractivity contribution in [3.8, 4) is 17.1 Å². The number of rotatable bonds is 2. The van der Waals surface area contributed by atoms with E-state index in [0.717, 1.165) is 16.5 Å². The Hall–Kier alpha value is -3.97. The van der Waals surface area contributed by atoms with Gasteiger partial charge in [-0.25, -0.2) is 14.6 Å². The van der Waals surface area contributed by atoms with Crippen molar-refractivity contribution in [1.82, 2.24) is 9.55 Å². The molecule has 0 radical (unpaired) electrons. The summed E-state index contributed by atoms with van der Waals surface area (Å²) in [7, 11) is 0. The minimum atomic E-state index is -5.08. The zero-order chi connectivity index (χ0) is 26.6. The van der Waals surface area contributed by atoms with Crippen molar-refractivity contribution in [2.75, 3.05) is 0 Å². The number of hydrogen-bond acceptors (Lipinski definition) is 8. The van der Waals surface area contributed by atoms with Crippen molar-refractivity contribution in [2.45, 2.75) is 44.8 Å². The van der Waals surface area contributed by atoms with Crippen LogP contribution in [-0.2, 0) is 39.6 Å². The summed E-state index contributed by atoms with van der Waals surface area (Å²) in [5.74, 6) is -3.40. The van der Waals surface area contributed by atoms with Crippen molar-refractivity contribution in [3.05, 3.63) is 56.9 Å². The van der Waals surface area contributed by atoms with Gasteiger partial charge in [0.2, 0.25) is 0 Å². The van der Waals surface area contributed by atoms with Crippen LogP contribution in [0.2, 0.25) is 0 Å². The van der Waals surface area contributed by atoms with Gasteiger partial charge in [0.05, 0.1) is 29.0 Å². The number of ether oxygens (including phenoxy) is 1. The largest absolute Gasteiger partial charge is 0.508 e. The summed E-state index contributed by atoms with van der Waals surface area (Å²) in [4.78, 5) is 39.0. The molecule has 36 heavy (non-hydrogen) atoms. The second kappa shape index (κ2) is 8.60. The van der Waals surface area contributed by atoms with E-state index in [-0.39, 0.29) is 48.6 Å². The van der Waals surface area contributed by atoms with Crippen LogP contribution in [0.5, 0.6) is 5.75 Å². The van der Waals surface area contributed by atoms with Crippen molar-refractivity contribution >= 4 is 22.8 Å². The number of hydrogen-bond donors (Lipinski definition) is 4. The van der Waals surface area contributed by atoms with E-state index in [9.17, 15) is 33.0 Å². The number of nitrogens with two attached hydrogens (primary N) is 1. The third kappa shape index (κ3) is 3.85. The molecule has 0 saturated carbocycles. The smallest absolute Gasteiger partial charge is 0.490 e. The lowest BCUT2D eigenvalue weighted by atomic mass is 9.86. The zero-order valence-electron chi connectivity index (χ0n) is 18.7. The van der Waals surface area contributed by atoms with Gasteiger partial charge in [0.15, 0.2) is 5.60 Å². The minimum Gasteiger partial charge on any atom is -0.508 e.